The fraction of sp³-hybridized carbons (Fsp3) is 0.533. The third kappa shape index (κ3) is 3.14. The molecule has 1 aliphatic heterocycles. The van der Waals surface area contributed by atoms with Crippen molar-refractivity contribution in [1.29, 1.82) is 0 Å². The highest BCUT2D eigenvalue weighted by atomic mass is 32.1. The molecule has 0 amide bonds. The molecule has 0 aromatic carbocycles. The maximum atomic E-state index is 5.68. The molecule has 0 unspecified atom stereocenters. The molecule has 0 aliphatic carbocycles. The van der Waals surface area contributed by atoms with Gasteiger partial charge in [0.1, 0.15) is 5.82 Å². The summed E-state index contributed by atoms with van der Waals surface area (Å²) in [5.41, 5.74) is 0. The van der Waals surface area contributed by atoms with Gasteiger partial charge in [0, 0.05) is 50.3 Å². The average molecular weight is 319 g/mol. The van der Waals surface area contributed by atoms with Gasteiger partial charge in [-0.2, -0.15) is 4.37 Å². The van der Waals surface area contributed by atoms with Crippen LogP contribution in [0.1, 0.15) is 19.7 Å². The Morgan fingerprint density at radius 3 is 2.64 bits per heavy atom. The first-order chi connectivity index (χ1) is 10.8. The zero-order chi connectivity index (χ0) is 15.4. The maximum absolute atomic E-state index is 5.68. The summed E-state index contributed by atoms with van der Waals surface area (Å²) >= 11 is 1.49. The minimum absolute atomic E-state index is 0.656. The summed E-state index contributed by atoms with van der Waals surface area (Å²) in [4.78, 5) is 13.6. The van der Waals surface area contributed by atoms with E-state index < -0.39 is 0 Å². The van der Waals surface area contributed by atoms with E-state index in [-0.39, 0.29) is 0 Å². The average Bonchev–Trinajstić information content (AvgIpc) is 3.05. The van der Waals surface area contributed by atoms with Gasteiger partial charge in [0.2, 0.25) is 5.13 Å². The number of aryl methyl sites for hydroxylation is 1. The first-order valence-corrected chi connectivity index (χ1v) is 8.49. The molecular weight excluding hydrogens is 298 g/mol. The first-order valence-electron chi connectivity index (χ1n) is 7.72. The maximum Gasteiger partial charge on any atom is 0.205 e. The first kappa shape index (κ1) is 15.0. The van der Waals surface area contributed by atoms with Crippen molar-refractivity contribution in [3.8, 4) is 5.75 Å². The van der Waals surface area contributed by atoms with E-state index in [0.717, 1.165) is 55.1 Å². The van der Waals surface area contributed by atoms with E-state index >= 15 is 0 Å². The van der Waals surface area contributed by atoms with Crippen LogP contribution in [0.25, 0.3) is 0 Å². The van der Waals surface area contributed by atoms with Crippen LogP contribution in [0.15, 0.2) is 18.3 Å². The van der Waals surface area contributed by atoms with Gasteiger partial charge in [0.25, 0.3) is 0 Å². The Morgan fingerprint density at radius 1 is 1.18 bits per heavy atom. The molecule has 0 bridgehead atoms. The molecule has 1 saturated heterocycles. The standard InChI is InChI=1S/C15H21N5OS/c1-3-13-17-15(22-18-13)20-10-8-19(9-11-20)14-12(21-4-2)6-5-7-16-14/h5-7H,3-4,8-11H2,1-2H3. The topological polar surface area (TPSA) is 54.4 Å². The lowest BCUT2D eigenvalue weighted by molar-refractivity contribution is 0.338. The molecule has 118 valence electrons. The Bertz CT molecular complexity index is 609. The van der Waals surface area contributed by atoms with Gasteiger partial charge in [0.15, 0.2) is 11.6 Å². The monoisotopic (exact) mass is 319 g/mol. The zero-order valence-corrected chi connectivity index (χ0v) is 13.8. The van der Waals surface area contributed by atoms with Gasteiger partial charge < -0.3 is 14.5 Å². The predicted molar refractivity (Wildman–Crippen MR) is 89.1 cm³/mol. The van der Waals surface area contributed by atoms with Crippen LogP contribution < -0.4 is 14.5 Å². The number of rotatable bonds is 5. The number of anilines is 2. The highest BCUT2D eigenvalue weighted by molar-refractivity contribution is 7.09. The number of ether oxygens (including phenoxy) is 1. The van der Waals surface area contributed by atoms with E-state index in [0.29, 0.717) is 6.61 Å². The van der Waals surface area contributed by atoms with Crippen LogP contribution >= 0.6 is 11.5 Å². The molecule has 2 aromatic rings. The van der Waals surface area contributed by atoms with Gasteiger partial charge in [-0.25, -0.2) is 9.97 Å². The van der Waals surface area contributed by atoms with Gasteiger partial charge in [-0.1, -0.05) is 6.92 Å². The van der Waals surface area contributed by atoms with Crippen molar-refractivity contribution in [3.63, 3.8) is 0 Å². The highest BCUT2D eigenvalue weighted by Crippen LogP contribution is 2.27. The van der Waals surface area contributed by atoms with Crippen molar-refractivity contribution in [2.75, 3.05) is 42.6 Å². The zero-order valence-electron chi connectivity index (χ0n) is 13.0. The van der Waals surface area contributed by atoms with Crippen molar-refractivity contribution >= 4 is 22.5 Å². The summed E-state index contributed by atoms with van der Waals surface area (Å²) in [5.74, 6) is 2.74. The van der Waals surface area contributed by atoms with Crippen molar-refractivity contribution in [1.82, 2.24) is 14.3 Å². The molecule has 0 atom stereocenters. The molecular formula is C15H21N5OS. The van der Waals surface area contributed by atoms with Gasteiger partial charge in [-0.05, 0) is 19.1 Å². The number of pyridine rings is 1. The Labute approximate surface area is 134 Å². The molecule has 0 spiro atoms. The van der Waals surface area contributed by atoms with E-state index in [1.807, 2.05) is 25.3 Å². The quantitative estimate of drug-likeness (QED) is 0.842. The summed E-state index contributed by atoms with van der Waals surface area (Å²) in [6.07, 6.45) is 2.71. The minimum Gasteiger partial charge on any atom is -0.490 e. The molecule has 6 nitrogen and oxygen atoms in total. The van der Waals surface area contributed by atoms with Gasteiger partial charge in [-0.3, -0.25) is 0 Å². The largest absolute Gasteiger partial charge is 0.490 e. The summed E-state index contributed by atoms with van der Waals surface area (Å²) in [7, 11) is 0. The van der Waals surface area contributed by atoms with Crippen LogP contribution in [0.4, 0.5) is 10.9 Å². The van der Waals surface area contributed by atoms with Gasteiger partial charge >= 0.3 is 0 Å². The molecule has 1 aliphatic rings. The van der Waals surface area contributed by atoms with Crippen molar-refractivity contribution < 1.29 is 4.74 Å². The van der Waals surface area contributed by atoms with Crippen LogP contribution in [0, 0.1) is 0 Å². The summed E-state index contributed by atoms with van der Waals surface area (Å²) in [6.45, 7) is 8.43. The van der Waals surface area contributed by atoms with E-state index in [1.54, 1.807) is 0 Å². The van der Waals surface area contributed by atoms with E-state index in [4.69, 9.17) is 4.74 Å². The Balaban J connectivity index is 1.66. The Kier molecular flexibility index (Phi) is 4.72. The second kappa shape index (κ2) is 6.91. The molecule has 2 aromatic heterocycles. The molecule has 7 heteroatoms. The number of aromatic nitrogens is 3. The van der Waals surface area contributed by atoms with Crippen LogP contribution in [-0.4, -0.2) is 47.1 Å². The second-order valence-electron chi connectivity index (χ2n) is 5.08. The lowest BCUT2D eigenvalue weighted by atomic mass is 10.3. The molecule has 0 radical (unpaired) electrons. The number of hydrogen-bond donors (Lipinski definition) is 0. The van der Waals surface area contributed by atoms with E-state index in [2.05, 4.69) is 31.1 Å². The SMILES string of the molecule is CCOc1cccnc1N1CCN(c2nc(CC)ns2)CC1. The number of hydrogen-bond acceptors (Lipinski definition) is 7. The van der Waals surface area contributed by atoms with Crippen LogP contribution in [-0.2, 0) is 6.42 Å². The highest BCUT2D eigenvalue weighted by Gasteiger charge is 2.22. The fourth-order valence-electron chi connectivity index (χ4n) is 2.51. The summed E-state index contributed by atoms with van der Waals surface area (Å²) in [5, 5.41) is 1.03. The number of nitrogens with zero attached hydrogens (tertiary/aromatic N) is 5. The summed E-state index contributed by atoms with van der Waals surface area (Å²) in [6, 6.07) is 3.90. The van der Waals surface area contributed by atoms with Crippen LogP contribution in [0.2, 0.25) is 0 Å². The van der Waals surface area contributed by atoms with Crippen LogP contribution in [0.3, 0.4) is 0 Å². The van der Waals surface area contributed by atoms with Gasteiger partial charge in [-0.15, -0.1) is 0 Å². The minimum atomic E-state index is 0.656. The third-order valence-electron chi connectivity index (χ3n) is 3.67. The summed E-state index contributed by atoms with van der Waals surface area (Å²) < 4.78 is 10.0. The van der Waals surface area contributed by atoms with Gasteiger partial charge in [0.05, 0.1) is 6.61 Å². The fourth-order valence-corrected chi connectivity index (χ4v) is 3.32. The van der Waals surface area contributed by atoms with E-state index in [1.165, 1.54) is 11.5 Å². The van der Waals surface area contributed by atoms with Crippen LogP contribution in [0.5, 0.6) is 5.75 Å². The Hall–Kier alpha value is -1.89. The third-order valence-corrected chi connectivity index (χ3v) is 4.49. The molecule has 3 heterocycles. The van der Waals surface area contributed by atoms with Crippen molar-refractivity contribution in [2.45, 2.75) is 20.3 Å². The molecule has 22 heavy (non-hydrogen) atoms. The normalized spacial score (nSPS) is 15.2. The van der Waals surface area contributed by atoms with Crippen molar-refractivity contribution in [2.24, 2.45) is 0 Å². The second-order valence-corrected chi connectivity index (χ2v) is 5.81. The smallest absolute Gasteiger partial charge is 0.205 e. The number of piperazine rings is 1. The lowest BCUT2D eigenvalue weighted by Gasteiger charge is -2.35. The predicted octanol–water partition coefficient (Wildman–Crippen LogP) is 2.22. The lowest BCUT2D eigenvalue weighted by Crippen LogP contribution is -2.47. The molecule has 1 fully saturated rings. The molecule has 0 saturated carbocycles. The van der Waals surface area contributed by atoms with E-state index in [9.17, 15) is 0 Å². The Morgan fingerprint density at radius 2 is 1.95 bits per heavy atom. The molecule has 3 rings (SSSR count). The molecule has 0 N–H and O–H groups in total. The van der Waals surface area contributed by atoms with Crippen molar-refractivity contribution in [3.05, 3.63) is 24.2 Å².